The topological polar surface area (TPSA) is 59.4 Å². The zero-order valence-electron chi connectivity index (χ0n) is 15.4. The van der Waals surface area contributed by atoms with Gasteiger partial charge in [0.25, 0.3) is 5.91 Å². The summed E-state index contributed by atoms with van der Waals surface area (Å²) in [6.45, 7) is 0.784. The third-order valence-corrected chi connectivity index (χ3v) is 5.98. The van der Waals surface area contributed by atoms with Crippen LogP contribution < -0.4 is 15.1 Å². The molecule has 1 saturated heterocycles. The number of benzene rings is 2. The van der Waals surface area contributed by atoms with E-state index in [1.807, 2.05) is 37.4 Å². The number of nitriles is 1. The monoisotopic (exact) mass is 414 g/mol. The van der Waals surface area contributed by atoms with Gasteiger partial charge in [0.05, 0.1) is 29.0 Å². The first-order valence-electron chi connectivity index (χ1n) is 9.21. The van der Waals surface area contributed by atoms with Gasteiger partial charge < -0.3 is 15.1 Å². The molecule has 144 valence electrons. The van der Waals surface area contributed by atoms with Crippen LogP contribution in [0.1, 0.15) is 30.0 Å². The second-order valence-electron chi connectivity index (χ2n) is 7.17. The highest BCUT2D eigenvalue weighted by molar-refractivity contribution is 6.53. The normalized spacial score (nSPS) is 20.5. The van der Waals surface area contributed by atoms with Crippen LogP contribution in [0.5, 0.6) is 0 Å². The van der Waals surface area contributed by atoms with Gasteiger partial charge in [0.2, 0.25) is 0 Å². The Kier molecular flexibility index (Phi) is 5.09. The number of carbonyl (C=O) groups is 1. The van der Waals surface area contributed by atoms with Crippen molar-refractivity contribution in [2.24, 2.45) is 0 Å². The molecule has 1 N–H and O–H groups in total. The van der Waals surface area contributed by atoms with Gasteiger partial charge in [-0.3, -0.25) is 4.79 Å². The standard InChI is InChI=1S/C21H20Cl2N4O/c1-26-16-5-3-2-4-15(16)18-11-14(25-21(28)20(22)23)8-9-27(18)17-7-6-13(12-24)10-19(17)26/h2-7,10,14,18,20H,8-9,11H2,1H3,(H,25,28). The fourth-order valence-electron chi connectivity index (χ4n) is 4.25. The summed E-state index contributed by atoms with van der Waals surface area (Å²) in [5.41, 5.74) is 5.05. The summed E-state index contributed by atoms with van der Waals surface area (Å²) in [5.74, 6) is -0.347. The molecule has 0 radical (unpaired) electrons. The zero-order chi connectivity index (χ0) is 19.8. The largest absolute Gasteiger partial charge is 0.363 e. The maximum atomic E-state index is 12.0. The summed E-state index contributed by atoms with van der Waals surface area (Å²) in [6.07, 6.45) is 1.56. The van der Waals surface area contributed by atoms with E-state index in [0.29, 0.717) is 5.56 Å². The van der Waals surface area contributed by atoms with Crippen molar-refractivity contribution in [2.45, 2.75) is 29.8 Å². The lowest BCUT2D eigenvalue weighted by molar-refractivity contribution is -0.120. The second-order valence-corrected chi connectivity index (χ2v) is 8.27. The van der Waals surface area contributed by atoms with Crippen LogP contribution in [0.3, 0.4) is 0 Å². The predicted molar refractivity (Wildman–Crippen MR) is 112 cm³/mol. The molecule has 2 unspecified atom stereocenters. The van der Waals surface area contributed by atoms with Gasteiger partial charge in [-0.2, -0.15) is 5.26 Å². The van der Waals surface area contributed by atoms with E-state index in [1.165, 1.54) is 5.56 Å². The molecule has 7 heteroatoms. The number of alkyl halides is 2. The minimum Gasteiger partial charge on any atom is -0.363 e. The number of para-hydroxylation sites is 1. The second kappa shape index (κ2) is 7.54. The van der Waals surface area contributed by atoms with E-state index in [2.05, 4.69) is 33.3 Å². The van der Waals surface area contributed by atoms with Crippen LogP contribution in [0.4, 0.5) is 17.1 Å². The Balaban J connectivity index is 1.77. The zero-order valence-corrected chi connectivity index (χ0v) is 16.9. The van der Waals surface area contributed by atoms with Crippen molar-refractivity contribution in [1.29, 1.82) is 5.26 Å². The van der Waals surface area contributed by atoms with Gasteiger partial charge in [0.15, 0.2) is 4.84 Å². The van der Waals surface area contributed by atoms with Gasteiger partial charge in [-0.1, -0.05) is 41.4 Å². The van der Waals surface area contributed by atoms with Crippen molar-refractivity contribution in [3.05, 3.63) is 53.6 Å². The lowest BCUT2D eigenvalue weighted by Crippen LogP contribution is -2.47. The number of nitrogens with one attached hydrogen (secondary N) is 1. The van der Waals surface area contributed by atoms with Crippen LogP contribution in [0.2, 0.25) is 0 Å². The van der Waals surface area contributed by atoms with Gasteiger partial charge in [0.1, 0.15) is 0 Å². The van der Waals surface area contributed by atoms with E-state index in [0.717, 1.165) is 36.4 Å². The Hall–Kier alpha value is -2.42. The first-order chi connectivity index (χ1) is 13.5. The molecule has 1 fully saturated rings. The molecule has 4 rings (SSSR count). The Morgan fingerprint density at radius 2 is 2.00 bits per heavy atom. The Morgan fingerprint density at radius 3 is 2.75 bits per heavy atom. The maximum Gasteiger partial charge on any atom is 0.253 e. The van der Waals surface area contributed by atoms with Gasteiger partial charge in [-0.15, -0.1) is 0 Å². The van der Waals surface area contributed by atoms with E-state index in [4.69, 9.17) is 23.2 Å². The van der Waals surface area contributed by atoms with Crippen LogP contribution in [0.25, 0.3) is 0 Å². The van der Waals surface area contributed by atoms with Crippen molar-refractivity contribution in [3.8, 4) is 6.07 Å². The molecular weight excluding hydrogens is 395 g/mol. The minimum atomic E-state index is -1.06. The number of piperidine rings is 1. The van der Waals surface area contributed by atoms with Crippen molar-refractivity contribution in [2.75, 3.05) is 23.4 Å². The predicted octanol–water partition coefficient (Wildman–Crippen LogP) is 4.27. The van der Waals surface area contributed by atoms with Crippen LogP contribution in [0, 0.1) is 11.3 Å². The Bertz CT molecular complexity index is 956. The first kappa shape index (κ1) is 18.9. The molecule has 0 saturated carbocycles. The first-order valence-corrected chi connectivity index (χ1v) is 10.1. The summed E-state index contributed by atoms with van der Waals surface area (Å²) in [5, 5.41) is 12.3. The Morgan fingerprint density at radius 1 is 1.21 bits per heavy atom. The SMILES string of the molecule is CN1c2ccccc2C2CC(NC(=O)C(Cl)Cl)CCN2c2ccc(C#N)cc21. The smallest absolute Gasteiger partial charge is 0.253 e. The quantitative estimate of drug-likeness (QED) is 0.745. The highest BCUT2D eigenvalue weighted by Crippen LogP contribution is 2.47. The number of halogens is 2. The summed E-state index contributed by atoms with van der Waals surface area (Å²) in [6, 6.07) is 16.5. The molecule has 2 heterocycles. The number of amides is 1. The van der Waals surface area contributed by atoms with E-state index in [1.54, 1.807) is 0 Å². The summed E-state index contributed by atoms with van der Waals surface area (Å²) in [7, 11) is 2.03. The lowest BCUT2D eigenvalue weighted by atomic mass is 9.90. The minimum absolute atomic E-state index is 0.00652. The summed E-state index contributed by atoms with van der Waals surface area (Å²) in [4.78, 5) is 15.4. The molecule has 0 aromatic heterocycles. The molecule has 1 amide bonds. The third-order valence-electron chi connectivity index (χ3n) is 5.58. The molecule has 2 aromatic carbocycles. The maximum absolute atomic E-state index is 12.0. The highest BCUT2D eigenvalue weighted by Gasteiger charge is 2.36. The van der Waals surface area contributed by atoms with Crippen molar-refractivity contribution < 1.29 is 4.79 Å². The third kappa shape index (κ3) is 3.28. The van der Waals surface area contributed by atoms with Crippen LogP contribution in [-0.2, 0) is 4.79 Å². The number of anilines is 3. The molecule has 28 heavy (non-hydrogen) atoms. The molecular formula is C21H20Cl2N4O. The molecule has 2 aromatic rings. The molecule has 2 aliphatic rings. The van der Waals surface area contributed by atoms with Crippen LogP contribution in [-0.4, -0.2) is 30.4 Å². The van der Waals surface area contributed by atoms with Gasteiger partial charge >= 0.3 is 0 Å². The summed E-state index contributed by atoms with van der Waals surface area (Å²) >= 11 is 11.4. The lowest BCUT2D eigenvalue weighted by Gasteiger charge is -2.41. The molecule has 2 aliphatic heterocycles. The molecule has 5 nitrogen and oxygen atoms in total. The highest BCUT2D eigenvalue weighted by atomic mass is 35.5. The van der Waals surface area contributed by atoms with Crippen molar-refractivity contribution >= 4 is 46.2 Å². The van der Waals surface area contributed by atoms with Gasteiger partial charge in [-0.05, 0) is 42.7 Å². The number of hydrogen-bond donors (Lipinski definition) is 1. The van der Waals surface area contributed by atoms with E-state index in [9.17, 15) is 10.1 Å². The fourth-order valence-corrected chi connectivity index (χ4v) is 4.38. The summed E-state index contributed by atoms with van der Waals surface area (Å²) < 4.78 is 0. The van der Waals surface area contributed by atoms with E-state index in [-0.39, 0.29) is 18.0 Å². The van der Waals surface area contributed by atoms with Crippen molar-refractivity contribution in [3.63, 3.8) is 0 Å². The number of carbonyl (C=O) groups excluding carboxylic acids is 1. The molecule has 0 aliphatic carbocycles. The van der Waals surface area contributed by atoms with E-state index < -0.39 is 4.84 Å². The molecule has 2 atom stereocenters. The number of hydrogen-bond acceptors (Lipinski definition) is 4. The van der Waals surface area contributed by atoms with E-state index >= 15 is 0 Å². The average molecular weight is 415 g/mol. The van der Waals surface area contributed by atoms with Crippen LogP contribution >= 0.6 is 23.2 Å². The number of fused-ring (bicyclic) bond motifs is 5. The molecule has 0 bridgehead atoms. The average Bonchev–Trinajstić information content (AvgIpc) is 2.81. The number of rotatable bonds is 2. The van der Waals surface area contributed by atoms with Crippen molar-refractivity contribution in [1.82, 2.24) is 5.32 Å². The number of nitrogens with zero attached hydrogens (tertiary/aromatic N) is 3. The van der Waals surface area contributed by atoms with Crippen LogP contribution in [0.15, 0.2) is 42.5 Å². The van der Waals surface area contributed by atoms with Gasteiger partial charge in [0, 0.05) is 25.3 Å². The fraction of sp³-hybridized carbons (Fsp3) is 0.333. The Labute approximate surface area is 174 Å². The van der Waals surface area contributed by atoms with Gasteiger partial charge in [-0.25, -0.2) is 0 Å². The molecule has 0 spiro atoms.